The highest BCUT2D eigenvalue weighted by Gasteiger charge is 2.16. The Balaban J connectivity index is 1.81. The third-order valence-corrected chi connectivity index (χ3v) is 3.89. The Bertz CT molecular complexity index is 811. The molecule has 1 aromatic heterocycles. The van der Waals surface area contributed by atoms with E-state index in [4.69, 9.17) is 23.2 Å². The minimum absolute atomic E-state index is 0.269. The molecule has 0 aliphatic heterocycles. The van der Waals surface area contributed by atoms with Gasteiger partial charge < -0.3 is 10.3 Å². The lowest BCUT2D eigenvalue weighted by Crippen LogP contribution is -2.27. The summed E-state index contributed by atoms with van der Waals surface area (Å²) in [5.74, 6) is 0.425. The van der Waals surface area contributed by atoms with Crippen LogP contribution in [0.1, 0.15) is 29.1 Å². The number of halogens is 2. The molecule has 0 spiro atoms. The second-order valence-electron chi connectivity index (χ2n) is 4.96. The molecule has 0 saturated carbocycles. The van der Waals surface area contributed by atoms with Gasteiger partial charge in [-0.1, -0.05) is 35.3 Å². The van der Waals surface area contributed by atoms with E-state index < -0.39 is 0 Å². The Hall–Kier alpha value is -2.04. The van der Waals surface area contributed by atoms with Crippen molar-refractivity contribution in [1.82, 2.24) is 15.3 Å². The standard InChI is InChI=1S/C16H13Cl2N3O/c1-9(15-20-13-4-2-3-5-14(13)21-15)19-16(22)11-7-6-10(17)8-12(11)18/h2-9H,1H3,(H,19,22)(H,20,21)/t9-/m0/s1. The van der Waals surface area contributed by atoms with E-state index >= 15 is 0 Å². The molecular formula is C16H13Cl2N3O. The molecule has 0 aliphatic carbocycles. The average molecular weight is 334 g/mol. The number of nitrogens with zero attached hydrogens (tertiary/aromatic N) is 1. The Morgan fingerprint density at radius 3 is 2.73 bits per heavy atom. The number of aromatic nitrogens is 2. The molecule has 0 fully saturated rings. The quantitative estimate of drug-likeness (QED) is 0.748. The second kappa shape index (κ2) is 5.99. The third-order valence-electron chi connectivity index (χ3n) is 3.34. The summed E-state index contributed by atoms with van der Waals surface area (Å²) >= 11 is 11.9. The first kappa shape index (κ1) is 14.9. The Morgan fingerprint density at radius 2 is 2.00 bits per heavy atom. The predicted molar refractivity (Wildman–Crippen MR) is 88.4 cm³/mol. The number of hydrogen-bond acceptors (Lipinski definition) is 2. The highest BCUT2D eigenvalue weighted by molar-refractivity contribution is 6.36. The highest BCUT2D eigenvalue weighted by atomic mass is 35.5. The van der Waals surface area contributed by atoms with Crippen molar-refractivity contribution < 1.29 is 4.79 Å². The molecule has 6 heteroatoms. The minimum Gasteiger partial charge on any atom is -0.342 e. The summed E-state index contributed by atoms with van der Waals surface area (Å²) < 4.78 is 0. The molecule has 4 nitrogen and oxygen atoms in total. The first-order chi connectivity index (χ1) is 10.5. The highest BCUT2D eigenvalue weighted by Crippen LogP contribution is 2.22. The minimum atomic E-state index is -0.272. The topological polar surface area (TPSA) is 57.8 Å². The van der Waals surface area contributed by atoms with Crippen LogP contribution in [0, 0.1) is 0 Å². The zero-order chi connectivity index (χ0) is 15.7. The number of benzene rings is 2. The molecule has 0 aliphatic rings. The molecule has 1 heterocycles. The fourth-order valence-corrected chi connectivity index (χ4v) is 2.69. The first-order valence-corrected chi connectivity index (χ1v) is 7.51. The molecule has 22 heavy (non-hydrogen) atoms. The molecule has 2 aromatic carbocycles. The van der Waals surface area contributed by atoms with Crippen molar-refractivity contribution in [1.29, 1.82) is 0 Å². The van der Waals surface area contributed by atoms with Crippen molar-refractivity contribution in [2.75, 3.05) is 0 Å². The number of para-hydroxylation sites is 2. The molecule has 0 bridgehead atoms. The molecule has 3 aromatic rings. The molecule has 1 atom stereocenters. The number of carbonyl (C=O) groups excluding carboxylic acids is 1. The normalized spacial score (nSPS) is 12.3. The number of amides is 1. The van der Waals surface area contributed by atoms with E-state index in [9.17, 15) is 4.79 Å². The summed E-state index contributed by atoms with van der Waals surface area (Å²) in [5, 5.41) is 3.69. The van der Waals surface area contributed by atoms with Crippen LogP contribution in [0.15, 0.2) is 42.5 Å². The number of carbonyl (C=O) groups is 1. The van der Waals surface area contributed by atoms with E-state index in [1.807, 2.05) is 31.2 Å². The second-order valence-corrected chi connectivity index (χ2v) is 5.80. The summed E-state index contributed by atoms with van der Waals surface area (Å²) in [5.41, 5.74) is 2.18. The molecule has 0 unspecified atom stereocenters. The van der Waals surface area contributed by atoms with Crippen LogP contribution in [0.5, 0.6) is 0 Å². The third kappa shape index (κ3) is 2.93. The van der Waals surface area contributed by atoms with Crippen molar-refractivity contribution in [2.45, 2.75) is 13.0 Å². The summed E-state index contributed by atoms with van der Waals surface area (Å²) in [6.45, 7) is 1.86. The van der Waals surface area contributed by atoms with E-state index in [2.05, 4.69) is 15.3 Å². The van der Waals surface area contributed by atoms with Gasteiger partial charge in [0.15, 0.2) is 0 Å². The number of aromatic amines is 1. The van der Waals surface area contributed by atoms with Crippen LogP contribution in [0.25, 0.3) is 11.0 Å². The molecule has 0 radical (unpaired) electrons. The molecule has 112 valence electrons. The summed E-state index contributed by atoms with van der Waals surface area (Å²) in [6.07, 6.45) is 0. The van der Waals surface area contributed by atoms with Crippen LogP contribution < -0.4 is 5.32 Å². The summed E-state index contributed by atoms with van der Waals surface area (Å²) in [7, 11) is 0. The number of hydrogen-bond donors (Lipinski definition) is 2. The molecule has 0 saturated heterocycles. The van der Waals surface area contributed by atoms with Gasteiger partial charge in [0, 0.05) is 5.02 Å². The summed E-state index contributed by atoms with van der Waals surface area (Å²) in [6, 6.07) is 12.2. The largest absolute Gasteiger partial charge is 0.342 e. The zero-order valence-corrected chi connectivity index (χ0v) is 13.2. The van der Waals surface area contributed by atoms with Crippen molar-refractivity contribution in [3.05, 3.63) is 63.9 Å². The lowest BCUT2D eigenvalue weighted by molar-refractivity contribution is 0.0938. The van der Waals surface area contributed by atoms with Gasteiger partial charge in [0.05, 0.1) is 27.7 Å². The Labute approximate surface area is 137 Å². The van der Waals surface area contributed by atoms with Gasteiger partial charge in [0.25, 0.3) is 5.91 Å². The number of nitrogens with one attached hydrogen (secondary N) is 2. The van der Waals surface area contributed by atoms with Crippen molar-refractivity contribution in [2.24, 2.45) is 0 Å². The van der Waals surface area contributed by atoms with Crippen LogP contribution in [0.3, 0.4) is 0 Å². The smallest absolute Gasteiger partial charge is 0.253 e. The fourth-order valence-electron chi connectivity index (χ4n) is 2.19. The van der Waals surface area contributed by atoms with Crippen molar-refractivity contribution in [3.8, 4) is 0 Å². The van der Waals surface area contributed by atoms with Crippen LogP contribution in [-0.4, -0.2) is 15.9 Å². The van der Waals surface area contributed by atoms with Gasteiger partial charge in [-0.2, -0.15) is 0 Å². The zero-order valence-electron chi connectivity index (χ0n) is 11.7. The van der Waals surface area contributed by atoms with Gasteiger partial charge in [-0.3, -0.25) is 4.79 Å². The number of H-pyrrole nitrogens is 1. The predicted octanol–water partition coefficient (Wildman–Crippen LogP) is 4.36. The lowest BCUT2D eigenvalue weighted by Gasteiger charge is -2.12. The van der Waals surface area contributed by atoms with Crippen molar-refractivity contribution in [3.63, 3.8) is 0 Å². The maximum Gasteiger partial charge on any atom is 0.253 e. The van der Waals surface area contributed by atoms with E-state index in [0.717, 1.165) is 11.0 Å². The SMILES string of the molecule is C[C@H](NC(=O)c1ccc(Cl)cc1Cl)c1nc2ccccc2[nH]1. The number of rotatable bonds is 3. The number of imidazole rings is 1. The van der Waals surface area contributed by atoms with E-state index in [-0.39, 0.29) is 11.9 Å². The molecular weight excluding hydrogens is 321 g/mol. The van der Waals surface area contributed by atoms with E-state index in [1.54, 1.807) is 18.2 Å². The summed E-state index contributed by atoms with van der Waals surface area (Å²) in [4.78, 5) is 20.0. The van der Waals surface area contributed by atoms with E-state index in [0.29, 0.717) is 21.4 Å². The maximum atomic E-state index is 12.3. The van der Waals surface area contributed by atoms with Gasteiger partial charge >= 0.3 is 0 Å². The van der Waals surface area contributed by atoms with Crippen LogP contribution in [-0.2, 0) is 0 Å². The van der Waals surface area contributed by atoms with Gasteiger partial charge in [-0.05, 0) is 37.3 Å². The van der Waals surface area contributed by atoms with Gasteiger partial charge in [0.2, 0.25) is 0 Å². The molecule has 3 rings (SSSR count). The molecule has 1 amide bonds. The van der Waals surface area contributed by atoms with Gasteiger partial charge in [0.1, 0.15) is 5.82 Å². The Morgan fingerprint density at radius 1 is 1.23 bits per heavy atom. The maximum absolute atomic E-state index is 12.3. The van der Waals surface area contributed by atoms with Crippen LogP contribution in [0.4, 0.5) is 0 Å². The van der Waals surface area contributed by atoms with Gasteiger partial charge in [-0.15, -0.1) is 0 Å². The monoisotopic (exact) mass is 333 g/mol. The first-order valence-electron chi connectivity index (χ1n) is 6.75. The van der Waals surface area contributed by atoms with E-state index in [1.165, 1.54) is 0 Å². The Kier molecular flexibility index (Phi) is 4.05. The lowest BCUT2D eigenvalue weighted by atomic mass is 10.2. The van der Waals surface area contributed by atoms with Gasteiger partial charge in [-0.25, -0.2) is 4.98 Å². The average Bonchev–Trinajstić information content (AvgIpc) is 2.91. The van der Waals surface area contributed by atoms with Crippen LogP contribution in [0.2, 0.25) is 10.0 Å². The van der Waals surface area contributed by atoms with Crippen LogP contribution >= 0.6 is 23.2 Å². The fraction of sp³-hybridized carbons (Fsp3) is 0.125. The molecule has 2 N–H and O–H groups in total. The van der Waals surface area contributed by atoms with Crippen molar-refractivity contribution >= 4 is 40.1 Å². The number of fused-ring (bicyclic) bond motifs is 1.